The van der Waals surface area contributed by atoms with Crippen LogP contribution in [-0.4, -0.2) is 0 Å². The molecule has 0 fully saturated rings. The van der Waals surface area contributed by atoms with Crippen LogP contribution >= 0.6 is 11.3 Å². The first-order valence-electron chi connectivity index (χ1n) is 4.91. The standard InChI is InChI=1S/C12H11F2NS/c13-11-2-1-10(12(14)5-11)7-15-6-9-3-4-16-8-9/h1-5,8,15H,6-7H2. The molecule has 0 atom stereocenters. The third-order valence-electron chi connectivity index (χ3n) is 2.24. The highest BCUT2D eigenvalue weighted by molar-refractivity contribution is 7.07. The second-order valence-corrected chi connectivity index (χ2v) is 4.25. The maximum atomic E-state index is 13.2. The van der Waals surface area contributed by atoms with Crippen molar-refractivity contribution in [1.82, 2.24) is 5.32 Å². The summed E-state index contributed by atoms with van der Waals surface area (Å²) in [6.45, 7) is 1.10. The van der Waals surface area contributed by atoms with Crippen LogP contribution in [0.4, 0.5) is 8.78 Å². The third kappa shape index (κ3) is 2.87. The van der Waals surface area contributed by atoms with E-state index in [0.717, 1.165) is 6.07 Å². The molecule has 0 aliphatic carbocycles. The Kier molecular flexibility index (Phi) is 3.64. The molecule has 4 heteroatoms. The van der Waals surface area contributed by atoms with Gasteiger partial charge in [0.25, 0.3) is 0 Å². The molecule has 2 rings (SSSR count). The lowest BCUT2D eigenvalue weighted by molar-refractivity contribution is 0.560. The number of hydrogen-bond donors (Lipinski definition) is 1. The van der Waals surface area contributed by atoms with Crippen LogP contribution in [0.5, 0.6) is 0 Å². The average molecular weight is 239 g/mol. The minimum atomic E-state index is -0.543. The number of thiophene rings is 1. The first kappa shape index (κ1) is 11.2. The fourth-order valence-corrected chi connectivity index (χ4v) is 2.07. The molecule has 0 saturated carbocycles. The van der Waals surface area contributed by atoms with Gasteiger partial charge in [-0.15, -0.1) is 0 Å². The van der Waals surface area contributed by atoms with Gasteiger partial charge in [0, 0.05) is 24.7 Å². The zero-order valence-corrected chi connectivity index (χ0v) is 9.36. The Morgan fingerprint density at radius 1 is 1.12 bits per heavy atom. The van der Waals surface area contributed by atoms with Crippen molar-refractivity contribution in [1.29, 1.82) is 0 Å². The fraction of sp³-hybridized carbons (Fsp3) is 0.167. The second kappa shape index (κ2) is 5.18. The van der Waals surface area contributed by atoms with E-state index in [0.29, 0.717) is 18.7 Å². The highest BCUT2D eigenvalue weighted by Gasteiger charge is 2.03. The van der Waals surface area contributed by atoms with Crippen molar-refractivity contribution in [2.24, 2.45) is 0 Å². The Morgan fingerprint density at radius 2 is 2.00 bits per heavy atom. The number of benzene rings is 1. The largest absolute Gasteiger partial charge is 0.308 e. The molecule has 0 saturated heterocycles. The molecule has 1 aromatic carbocycles. The Hall–Kier alpha value is -1.26. The summed E-state index contributed by atoms with van der Waals surface area (Å²) >= 11 is 1.63. The van der Waals surface area contributed by atoms with Crippen molar-refractivity contribution < 1.29 is 8.78 Å². The van der Waals surface area contributed by atoms with Gasteiger partial charge < -0.3 is 5.32 Å². The highest BCUT2D eigenvalue weighted by atomic mass is 32.1. The Balaban J connectivity index is 1.90. The molecule has 1 aromatic heterocycles. The van der Waals surface area contributed by atoms with Crippen LogP contribution in [-0.2, 0) is 13.1 Å². The SMILES string of the molecule is Fc1ccc(CNCc2ccsc2)c(F)c1. The molecular weight excluding hydrogens is 228 g/mol. The Morgan fingerprint density at radius 3 is 2.69 bits per heavy atom. The summed E-state index contributed by atoms with van der Waals surface area (Å²) in [4.78, 5) is 0. The summed E-state index contributed by atoms with van der Waals surface area (Å²) in [5, 5.41) is 7.14. The van der Waals surface area contributed by atoms with Crippen molar-refractivity contribution in [3.63, 3.8) is 0 Å². The molecule has 0 spiro atoms. The predicted molar refractivity (Wildman–Crippen MR) is 61.2 cm³/mol. The highest BCUT2D eigenvalue weighted by Crippen LogP contribution is 2.10. The van der Waals surface area contributed by atoms with Crippen LogP contribution in [0.2, 0.25) is 0 Å². The van der Waals surface area contributed by atoms with Crippen LogP contribution in [0, 0.1) is 11.6 Å². The van der Waals surface area contributed by atoms with Crippen LogP contribution in [0.15, 0.2) is 35.0 Å². The number of nitrogens with one attached hydrogen (secondary N) is 1. The summed E-state index contributed by atoms with van der Waals surface area (Å²) in [5.74, 6) is -1.04. The van der Waals surface area contributed by atoms with Crippen LogP contribution in [0.1, 0.15) is 11.1 Å². The molecule has 0 aliphatic rings. The lowest BCUT2D eigenvalue weighted by Gasteiger charge is -2.04. The van der Waals surface area contributed by atoms with Gasteiger partial charge >= 0.3 is 0 Å². The lowest BCUT2D eigenvalue weighted by atomic mass is 10.2. The molecule has 0 aliphatic heterocycles. The topological polar surface area (TPSA) is 12.0 Å². The smallest absolute Gasteiger partial charge is 0.130 e. The van der Waals surface area contributed by atoms with E-state index in [1.165, 1.54) is 17.7 Å². The first-order chi connectivity index (χ1) is 7.75. The molecule has 1 N–H and O–H groups in total. The van der Waals surface area contributed by atoms with Crippen LogP contribution < -0.4 is 5.32 Å². The third-order valence-corrected chi connectivity index (χ3v) is 2.97. The molecule has 0 amide bonds. The summed E-state index contributed by atoms with van der Waals surface area (Å²) in [6.07, 6.45) is 0. The van der Waals surface area contributed by atoms with Crippen molar-refractivity contribution in [2.75, 3.05) is 0 Å². The molecule has 1 nitrogen and oxygen atoms in total. The molecule has 0 unspecified atom stereocenters. The summed E-state index contributed by atoms with van der Waals surface area (Å²) < 4.78 is 25.9. The maximum Gasteiger partial charge on any atom is 0.130 e. The number of rotatable bonds is 4. The van der Waals surface area contributed by atoms with Gasteiger partial charge in [0.05, 0.1) is 0 Å². The van der Waals surface area contributed by atoms with Crippen molar-refractivity contribution in [3.8, 4) is 0 Å². The maximum absolute atomic E-state index is 13.2. The van der Waals surface area contributed by atoms with Gasteiger partial charge in [0.15, 0.2) is 0 Å². The quantitative estimate of drug-likeness (QED) is 0.863. The minimum Gasteiger partial charge on any atom is -0.308 e. The van der Waals surface area contributed by atoms with Gasteiger partial charge in [0.2, 0.25) is 0 Å². The van der Waals surface area contributed by atoms with E-state index in [1.807, 2.05) is 16.8 Å². The molecular formula is C12H11F2NS. The lowest BCUT2D eigenvalue weighted by Crippen LogP contribution is -2.13. The number of hydrogen-bond acceptors (Lipinski definition) is 2. The van der Waals surface area contributed by atoms with Crippen LogP contribution in [0.3, 0.4) is 0 Å². The van der Waals surface area contributed by atoms with Gasteiger partial charge in [-0.25, -0.2) is 8.78 Å². The van der Waals surface area contributed by atoms with E-state index in [2.05, 4.69) is 5.32 Å². The molecule has 1 heterocycles. The van der Waals surface area contributed by atoms with Crippen molar-refractivity contribution in [2.45, 2.75) is 13.1 Å². The molecule has 84 valence electrons. The first-order valence-corrected chi connectivity index (χ1v) is 5.86. The normalized spacial score (nSPS) is 10.6. The minimum absolute atomic E-state index is 0.405. The predicted octanol–water partition coefficient (Wildman–Crippen LogP) is 3.32. The van der Waals surface area contributed by atoms with Gasteiger partial charge in [0.1, 0.15) is 11.6 Å². The van der Waals surface area contributed by atoms with E-state index in [4.69, 9.17) is 0 Å². The zero-order valence-electron chi connectivity index (χ0n) is 8.54. The average Bonchev–Trinajstić information content (AvgIpc) is 2.74. The van der Waals surface area contributed by atoms with Crippen LogP contribution in [0.25, 0.3) is 0 Å². The molecule has 0 bridgehead atoms. The van der Waals surface area contributed by atoms with Gasteiger partial charge in [-0.05, 0) is 28.5 Å². The van der Waals surface area contributed by atoms with Gasteiger partial charge in [-0.2, -0.15) is 11.3 Å². The van der Waals surface area contributed by atoms with Crippen molar-refractivity contribution in [3.05, 3.63) is 57.8 Å². The number of halogens is 2. The van der Waals surface area contributed by atoms with Crippen molar-refractivity contribution >= 4 is 11.3 Å². The van der Waals surface area contributed by atoms with E-state index >= 15 is 0 Å². The van der Waals surface area contributed by atoms with E-state index in [1.54, 1.807) is 11.3 Å². The second-order valence-electron chi connectivity index (χ2n) is 3.47. The summed E-state index contributed by atoms with van der Waals surface area (Å²) in [7, 11) is 0. The van der Waals surface area contributed by atoms with E-state index in [9.17, 15) is 8.78 Å². The summed E-state index contributed by atoms with van der Waals surface area (Å²) in [6, 6.07) is 5.65. The van der Waals surface area contributed by atoms with Gasteiger partial charge in [-0.1, -0.05) is 6.07 Å². The molecule has 16 heavy (non-hydrogen) atoms. The van der Waals surface area contributed by atoms with E-state index in [-0.39, 0.29) is 0 Å². The Bertz CT molecular complexity index is 454. The monoisotopic (exact) mass is 239 g/mol. The Labute approximate surface area is 96.7 Å². The molecule has 2 aromatic rings. The van der Waals surface area contributed by atoms with Gasteiger partial charge in [-0.3, -0.25) is 0 Å². The summed E-state index contributed by atoms with van der Waals surface area (Å²) in [5.41, 5.74) is 1.66. The molecule has 0 radical (unpaired) electrons. The van der Waals surface area contributed by atoms with E-state index < -0.39 is 11.6 Å². The zero-order chi connectivity index (χ0) is 11.4. The fourth-order valence-electron chi connectivity index (χ4n) is 1.40.